The molecule has 122 valence electrons. The number of rotatable bonds is 7. The first-order chi connectivity index (χ1) is 11.9. The molecule has 0 aliphatic rings. The Labute approximate surface area is 142 Å². The van der Waals surface area contributed by atoms with E-state index in [0.29, 0.717) is 6.61 Å². The molecule has 0 heterocycles. The van der Waals surface area contributed by atoms with Gasteiger partial charge in [0.15, 0.2) is 0 Å². The fourth-order valence-corrected chi connectivity index (χ4v) is 3.55. The van der Waals surface area contributed by atoms with Gasteiger partial charge in [-0.05, 0) is 50.7 Å². The maximum atomic E-state index is 5.90. The van der Waals surface area contributed by atoms with Crippen LogP contribution in [0, 0.1) is 0 Å². The van der Waals surface area contributed by atoms with Crippen molar-refractivity contribution in [3.8, 4) is 0 Å². The van der Waals surface area contributed by atoms with Crippen molar-refractivity contribution in [3.63, 3.8) is 0 Å². The zero-order valence-electron chi connectivity index (χ0n) is 14.0. The Balaban J connectivity index is 1.67. The summed E-state index contributed by atoms with van der Waals surface area (Å²) >= 11 is 0. The van der Waals surface area contributed by atoms with Gasteiger partial charge in [0.25, 0.3) is 0 Å². The van der Waals surface area contributed by atoms with E-state index >= 15 is 0 Å². The summed E-state index contributed by atoms with van der Waals surface area (Å²) < 4.78 is 11.0. The molecule has 0 bridgehead atoms. The number of hydrogen-bond acceptors (Lipinski definition) is 2. The van der Waals surface area contributed by atoms with E-state index in [0.717, 1.165) is 26.1 Å². The van der Waals surface area contributed by atoms with Crippen molar-refractivity contribution >= 4 is 32.3 Å². The van der Waals surface area contributed by atoms with Crippen molar-refractivity contribution in [2.24, 2.45) is 0 Å². The second-order valence-corrected chi connectivity index (χ2v) is 6.33. The van der Waals surface area contributed by atoms with Gasteiger partial charge in [0.05, 0.1) is 6.61 Å². The molecule has 0 aromatic heterocycles. The summed E-state index contributed by atoms with van der Waals surface area (Å²) in [7, 11) is 1.74. The molecule has 0 amide bonds. The zero-order valence-corrected chi connectivity index (χ0v) is 14.0. The molecule has 0 spiro atoms. The highest BCUT2D eigenvalue weighted by molar-refractivity contribution is 6.23. The average molecular weight is 318 g/mol. The average Bonchev–Trinajstić information content (AvgIpc) is 2.63. The topological polar surface area (TPSA) is 18.5 Å². The Morgan fingerprint density at radius 1 is 0.708 bits per heavy atom. The Bertz CT molecular complexity index is 942. The lowest BCUT2D eigenvalue weighted by Gasteiger charge is -2.14. The van der Waals surface area contributed by atoms with Crippen LogP contribution in [0.4, 0.5) is 0 Å². The molecule has 24 heavy (non-hydrogen) atoms. The Morgan fingerprint density at radius 2 is 1.38 bits per heavy atom. The first kappa shape index (κ1) is 15.4. The van der Waals surface area contributed by atoms with Gasteiger partial charge in [-0.2, -0.15) is 0 Å². The van der Waals surface area contributed by atoms with Crippen LogP contribution < -0.4 is 0 Å². The van der Waals surface area contributed by atoms with Gasteiger partial charge in [0.1, 0.15) is 0 Å². The van der Waals surface area contributed by atoms with Crippen LogP contribution in [0.1, 0.15) is 18.4 Å². The van der Waals surface area contributed by atoms with Gasteiger partial charge >= 0.3 is 0 Å². The molecule has 2 heteroatoms. The van der Waals surface area contributed by atoms with E-state index in [1.807, 2.05) is 0 Å². The molecular formula is C22H22O2. The van der Waals surface area contributed by atoms with E-state index in [4.69, 9.17) is 9.47 Å². The van der Waals surface area contributed by atoms with Crippen LogP contribution in [0.2, 0.25) is 0 Å². The van der Waals surface area contributed by atoms with Crippen LogP contribution in [-0.4, -0.2) is 20.3 Å². The van der Waals surface area contributed by atoms with Crippen LogP contribution in [0.3, 0.4) is 0 Å². The minimum Gasteiger partial charge on any atom is -0.385 e. The molecule has 0 saturated heterocycles. The fourth-order valence-electron chi connectivity index (χ4n) is 3.55. The summed E-state index contributed by atoms with van der Waals surface area (Å²) in [4.78, 5) is 0. The lowest BCUT2D eigenvalue weighted by Crippen LogP contribution is -1.99. The van der Waals surface area contributed by atoms with E-state index in [9.17, 15) is 0 Å². The molecule has 0 fully saturated rings. The highest BCUT2D eigenvalue weighted by Crippen LogP contribution is 2.35. The molecule has 0 atom stereocenters. The SMILES string of the molecule is COCCCCOCc1ccc2ccc3cccc4ccc1c2c34. The van der Waals surface area contributed by atoms with Crippen molar-refractivity contribution < 1.29 is 9.47 Å². The van der Waals surface area contributed by atoms with Gasteiger partial charge in [-0.25, -0.2) is 0 Å². The van der Waals surface area contributed by atoms with E-state index < -0.39 is 0 Å². The number of benzene rings is 4. The Morgan fingerprint density at radius 3 is 2.17 bits per heavy atom. The predicted molar refractivity (Wildman–Crippen MR) is 101 cm³/mol. The monoisotopic (exact) mass is 318 g/mol. The lowest BCUT2D eigenvalue weighted by molar-refractivity contribution is 0.108. The molecule has 4 aromatic carbocycles. The molecule has 0 unspecified atom stereocenters. The first-order valence-corrected chi connectivity index (χ1v) is 8.60. The molecule has 0 aliphatic carbocycles. The van der Waals surface area contributed by atoms with Gasteiger partial charge in [-0.3, -0.25) is 0 Å². The third-order valence-corrected chi connectivity index (χ3v) is 4.76. The predicted octanol–water partition coefficient (Wildman–Crippen LogP) is 5.53. The summed E-state index contributed by atoms with van der Waals surface area (Å²) in [5, 5.41) is 7.97. The molecule has 0 saturated carbocycles. The van der Waals surface area contributed by atoms with Gasteiger partial charge in [0, 0.05) is 20.3 Å². The van der Waals surface area contributed by atoms with Crippen LogP contribution in [0.5, 0.6) is 0 Å². The van der Waals surface area contributed by atoms with Gasteiger partial charge < -0.3 is 9.47 Å². The highest BCUT2D eigenvalue weighted by atomic mass is 16.5. The summed E-state index contributed by atoms with van der Waals surface area (Å²) in [6, 6.07) is 19.9. The van der Waals surface area contributed by atoms with Crippen molar-refractivity contribution in [1.82, 2.24) is 0 Å². The van der Waals surface area contributed by atoms with Crippen LogP contribution >= 0.6 is 0 Å². The quantitative estimate of drug-likeness (QED) is 0.329. The molecular weight excluding hydrogens is 296 g/mol. The minimum absolute atomic E-state index is 0.668. The highest BCUT2D eigenvalue weighted by Gasteiger charge is 2.10. The van der Waals surface area contributed by atoms with E-state index in [1.165, 1.54) is 37.9 Å². The van der Waals surface area contributed by atoms with Crippen molar-refractivity contribution in [2.45, 2.75) is 19.4 Å². The minimum atomic E-state index is 0.668. The Hall–Kier alpha value is -2.16. The van der Waals surface area contributed by atoms with Gasteiger partial charge in [-0.15, -0.1) is 0 Å². The third kappa shape index (κ3) is 2.72. The number of unbranched alkanes of at least 4 members (excludes halogenated alkanes) is 1. The number of hydrogen-bond donors (Lipinski definition) is 0. The van der Waals surface area contributed by atoms with E-state index in [2.05, 4.69) is 54.6 Å². The second kappa shape index (κ2) is 6.76. The Kier molecular flexibility index (Phi) is 4.33. The molecule has 0 aliphatic heterocycles. The molecule has 0 N–H and O–H groups in total. The fraction of sp³-hybridized carbons (Fsp3) is 0.273. The normalized spacial score (nSPS) is 11.9. The van der Waals surface area contributed by atoms with Crippen LogP contribution in [-0.2, 0) is 16.1 Å². The zero-order chi connectivity index (χ0) is 16.4. The van der Waals surface area contributed by atoms with E-state index in [-0.39, 0.29) is 0 Å². The molecule has 2 nitrogen and oxygen atoms in total. The van der Waals surface area contributed by atoms with E-state index in [1.54, 1.807) is 7.11 Å². The van der Waals surface area contributed by atoms with Crippen molar-refractivity contribution in [2.75, 3.05) is 20.3 Å². The van der Waals surface area contributed by atoms with Gasteiger partial charge in [-0.1, -0.05) is 54.6 Å². The second-order valence-electron chi connectivity index (χ2n) is 6.33. The number of methoxy groups -OCH3 is 1. The van der Waals surface area contributed by atoms with Crippen LogP contribution in [0.25, 0.3) is 32.3 Å². The smallest absolute Gasteiger partial charge is 0.0722 e. The maximum Gasteiger partial charge on any atom is 0.0722 e. The van der Waals surface area contributed by atoms with Gasteiger partial charge in [0.2, 0.25) is 0 Å². The number of ether oxygens (including phenoxy) is 2. The summed E-state index contributed by atoms with van der Waals surface area (Å²) in [6.45, 7) is 2.26. The summed E-state index contributed by atoms with van der Waals surface area (Å²) in [6.07, 6.45) is 2.09. The third-order valence-electron chi connectivity index (χ3n) is 4.76. The molecule has 4 aromatic rings. The van der Waals surface area contributed by atoms with Crippen molar-refractivity contribution in [3.05, 3.63) is 60.2 Å². The summed E-state index contributed by atoms with van der Waals surface area (Å²) in [5.74, 6) is 0. The summed E-state index contributed by atoms with van der Waals surface area (Å²) in [5.41, 5.74) is 1.27. The molecule has 0 radical (unpaired) electrons. The standard InChI is InChI=1S/C22H22O2/c1-23-13-2-3-14-24-15-19-10-9-18-8-7-16-5-4-6-17-11-12-20(19)22(18)21(16)17/h4-12H,2-3,13-15H2,1H3. The largest absolute Gasteiger partial charge is 0.385 e. The van der Waals surface area contributed by atoms with Crippen molar-refractivity contribution in [1.29, 1.82) is 0 Å². The van der Waals surface area contributed by atoms with Crippen LogP contribution in [0.15, 0.2) is 54.6 Å². The molecule has 4 rings (SSSR count). The maximum absolute atomic E-state index is 5.90. The first-order valence-electron chi connectivity index (χ1n) is 8.60. The lowest BCUT2D eigenvalue weighted by atomic mass is 9.92.